The van der Waals surface area contributed by atoms with Gasteiger partial charge in [-0.05, 0) is 32.0 Å². The van der Waals surface area contributed by atoms with Crippen molar-refractivity contribution in [2.75, 3.05) is 0 Å². The van der Waals surface area contributed by atoms with Gasteiger partial charge in [-0.25, -0.2) is 4.98 Å². The zero-order valence-corrected chi connectivity index (χ0v) is 16.4. The molecule has 0 radical (unpaired) electrons. The number of aromatic nitrogens is 4. The second kappa shape index (κ2) is 6.42. The van der Waals surface area contributed by atoms with Gasteiger partial charge < -0.3 is 14.4 Å². The highest BCUT2D eigenvalue weighted by Crippen LogP contribution is 2.38. The maximum absolute atomic E-state index is 10.4. The number of piperidine rings is 1. The Balaban J connectivity index is 1.32. The van der Waals surface area contributed by atoms with Crippen LogP contribution in [0.15, 0.2) is 61.2 Å². The molecule has 148 valence electrons. The van der Waals surface area contributed by atoms with Crippen LogP contribution in [0, 0.1) is 0 Å². The van der Waals surface area contributed by atoms with Crippen LogP contribution in [0.1, 0.15) is 26.7 Å². The van der Waals surface area contributed by atoms with Crippen molar-refractivity contribution in [1.29, 1.82) is 0 Å². The molecule has 1 saturated heterocycles. The molecule has 2 aliphatic rings. The van der Waals surface area contributed by atoms with Crippen molar-refractivity contribution >= 4 is 0 Å². The van der Waals surface area contributed by atoms with Gasteiger partial charge in [-0.15, -0.1) is 10.2 Å². The van der Waals surface area contributed by atoms with Gasteiger partial charge in [-0.3, -0.25) is 5.32 Å². The van der Waals surface area contributed by atoms with Crippen LogP contribution < -0.4 is 10.1 Å². The highest BCUT2D eigenvalue weighted by molar-refractivity contribution is 5.68. The summed E-state index contributed by atoms with van der Waals surface area (Å²) in [7, 11) is 0. The number of rotatable bonds is 4. The third-order valence-electron chi connectivity index (χ3n) is 5.68. The van der Waals surface area contributed by atoms with E-state index < -0.39 is 0 Å². The van der Waals surface area contributed by atoms with E-state index >= 15 is 0 Å². The molecule has 0 amide bonds. The van der Waals surface area contributed by atoms with Crippen LogP contribution in [0.5, 0.6) is 11.6 Å². The number of hydrogen-bond donors (Lipinski definition) is 2. The Bertz CT molecular complexity index is 1040. The molecular formula is C22H23N5O2. The van der Waals surface area contributed by atoms with Crippen molar-refractivity contribution in [2.24, 2.45) is 0 Å². The number of hydrogen-bond acceptors (Lipinski definition) is 6. The molecule has 0 saturated carbocycles. The van der Waals surface area contributed by atoms with E-state index in [-0.39, 0.29) is 22.9 Å². The lowest BCUT2D eigenvalue weighted by atomic mass is 9.85. The lowest BCUT2D eigenvalue weighted by Crippen LogP contribution is -2.57. The fraction of sp³-hybridized carbons (Fsp3) is 0.318. The van der Waals surface area contributed by atoms with E-state index in [1.54, 1.807) is 18.6 Å². The third kappa shape index (κ3) is 3.38. The van der Waals surface area contributed by atoms with Gasteiger partial charge in [0.05, 0.1) is 17.7 Å². The van der Waals surface area contributed by atoms with Crippen molar-refractivity contribution in [3.8, 4) is 28.6 Å². The van der Waals surface area contributed by atoms with Gasteiger partial charge in [0.25, 0.3) is 0 Å². The van der Waals surface area contributed by atoms with Crippen molar-refractivity contribution < 1.29 is 9.84 Å². The number of nitrogens with zero attached hydrogens (tertiary/aromatic N) is 4. The number of phenols is 1. The first-order valence-corrected chi connectivity index (χ1v) is 9.73. The minimum atomic E-state index is -0.0339. The SMILES string of the molecule is C[C@]12C=C[C@](C)(CC(Oc3ccc(-c4ccc(-n5ccnc5)cc4O)nn3)C1)N2. The van der Waals surface area contributed by atoms with E-state index in [0.717, 1.165) is 18.5 Å². The summed E-state index contributed by atoms with van der Waals surface area (Å²) < 4.78 is 7.96. The minimum absolute atomic E-state index is 0.0339. The Hall–Kier alpha value is -3.19. The van der Waals surface area contributed by atoms with Crippen LogP contribution in [0.4, 0.5) is 0 Å². The zero-order valence-electron chi connectivity index (χ0n) is 16.4. The summed E-state index contributed by atoms with van der Waals surface area (Å²) >= 11 is 0. The second-order valence-corrected chi connectivity index (χ2v) is 8.37. The van der Waals surface area contributed by atoms with Crippen LogP contribution in [0.25, 0.3) is 16.9 Å². The summed E-state index contributed by atoms with van der Waals surface area (Å²) in [5, 5.41) is 22.6. The molecule has 1 aromatic carbocycles. The lowest BCUT2D eigenvalue weighted by molar-refractivity contribution is 0.0841. The predicted molar refractivity (Wildman–Crippen MR) is 109 cm³/mol. The first-order valence-electron chi connectivity index (χ1n) is 9.73. The van der Waals surface area contributed by atoms with Gasteiger partial charge in [-0.2, -0.15) is 0 Å². The first-order chi connectivity index (χ1) is 13.9. The smallest absolute Gasteiger partial charge is 0.233 e. The molecule has 1 fully saturated rings. The largest absolute Gasteiger partial charge is 0.507 e. The van der Waals surface area contributed by atoms with Gasteiger partial charge in [0, 0.05) is 54.0 Å². The summed E-state index contributed by atoms with van der Waals surface area (Å²) in [6.07, 6.45) is 11.5. The highest BCUT2D eigenvalue weighted by atomic mass is 16.5. The van der Waals surface area contributed by atoms with Gasteiger partial charge in [0.15, 0.2) is 0 Å². The summed E-state index contributed by atoms with van der Waals surface area (Å²) in [6.45, 7) is 4.38. The number of ether oxygens (including phenoxy) is 1. The van der Waals surface area contributed by atoms with Crippen molar-refractivity contribution in [2.45, 2.75) is 43.9 Å². The molecule has 2 bridgehead atoms. The number of phenolic OH excluding ortho intramolecular Hbond substituents is 1. The van der Waals surface area contributed by atoms with Crippen molar-refractivity contribution in [1.82, 2.24) is 25.1 Å². The second-order valence-electron chi connectivity index (χ2n) is 8.37. The predicted octanol–water partition coefficient (Wildman–Crippen LogP) is 3.25. The average molecular weight is 389 g/mol. The van der Waals surface area contributed by atoms with E-state index in [2.05, 4.69) is 46.5 Å². The summed E-state index contributed by atoms with van der Waals surface area (Å²) in [5.74, 6) is 0.641. The molecule has 2 aromatic heterocycles. The summed E-state index contributed by atoms with van der Waals surface area (Å²) in [6, 6.07) is 9.05. The Morgan fingerprint density at radius 2 is 1.90 bits per heavy atom. The number of nitrogens with one attached hydrogen (secondary N) is 1. The molecule has 4 heterocycles. The maximum Gasteiger partial charge on any atom is 0.233 e. The van der Waals surface area contributed by atoms with Crippen molar-refractivity contribution in [3.63, 3.8) is 0 Å². The lowest BCUT2D eigenvalue weighted by Gasteiger charge is -2.41. The monoisotopic (exact) mass is 389 g/mol. The van der Waals surface area contributed by atoms with Gasteiger partial charge in [0.1, 0.15) is 11.9 Å². The normalized spacial score (nSPS) is 27.9. The number of fused-ring (bicyclic) bond motifs is 2. The van der Waals surface area contributed by atoms with Crippen LogP contribution in [0.2, 0.25) is 0 Å². The van der Waals surface area contributed by atoms with E-state index in [9.17, 15) is 5.11 Å². The van der Waals surface area contributed by atoms with E-state index in [4.69, 9.17) is 4.74 Å². The van der Waals surface area contributed by atoms with E-state index in [1.807, 2.05) is 35.0 Å². The minimum Gasteiger partial charge on any atom is -0.507 e. The number of benzene rings is 1. The number of aromatic hydroxyl groups is 1. The molecule has 3 atom stereocenters. The summed E-state index contributed by atoms with van der Waals surface area (Å²) in [5.41, 5.74) is 1.98. The van der Waals surface area contributed by atoms with Crippen LogP contribution >= 0.6 is 0 Å². The van der Waals surface area contributed by atoms with Crippen molar-refractivity contribution in [3.05, 3.63) is 61.2 Å². The topological polar surface area (TPSA) is 85.1 Å². The Morgan fingerprint density at radius 1 is 1.10 bits per heavy atom. The molecule has 2 aliphatic heterocycles. The molecule has 2 N–H and O–H groups in total. The Kier molecular flexibility index (Phi) is 3.96. The van der Waals surface area contributed by atoms with E-state index in [0.29, 0.717) is 17.1 Å². The first kappa shape index (κ1) is 17.9. The number of imidazole rings is 1. The Morgan fingerprint density at radius 3 is 2.52 bits per heavy atom. The average Bonchev–Trinajstić information content (AvgIpc) is 3.28. The quantitative estimate of drug-likeness (QED) is 0.667. The van der Waals surface area contributed by atoms with Gasteiger partial charge in [0.2, 0.25) is 5.88 Å². The fourth-order valence-corrected chi connectivity index (χ4v) is 4.45. The van der Waals surface area contributed by atoms with Crippen LogP contribution in [-0.4, -0.2) is 42.0 Å². The fourth-order valence-electron chi connectivity index (χ4n) is 4.45. The molecule has 0 spiro atoms. The zero-order chi connectivity index (χ0) is 20.1. The molecular weight excluding hydrogens is 366 g/mol. The standard InChI is InChI=1S/C22H23N5O2/c1-21-7-8-22(2,26-21)13-16(12-21)29-20-6-5-18(24-25-20)17-4-3-15(11-19(17)28)27-10-9-23-14-27/h3-11,14,16,26,28H,12-13H2,1-2H3/t16?,21-,22+. The van der Waals surface area contributed by atoms with E-state index in [1.165, 1.54) is 0 Å². The van der Waals surface area contributed by atoms with Crippen LogP contribution in [-0.2, 0) is 0 Å². The van der Waals surface area contributed by atoms with Gasteiger partial charge >= 0.3 is 0 Å². The van der Waals surface area contributed by atoms with Crippen LogP contribution in [0.3, 0.4) is 0 Å². The highest BCUT2D eigenvalue weighted by Gasteiger charge is 2.45. The molecule has 29 heavy (non-hydrogen) atoms. The molecule has 3 aromatic rings. The van der Waals surface area contributed by atoms with Gasteiger partial charge in [-0.1, -0.05) is 12.2 Å². The molecule has 7 nitrogen and oxygen atoms in total. The summed E-state index contributed by atoms with van der Waals surface area (Å²) in [4.78, 5) is 4.03. The molecule has 0 aliphatic carbocycles. The molecule has 1 unspecified atom stereocenters. The Labute approximate surface area is 169 Å². The molecule has 7 heteroatoms. The maximum atomic E-state index is 10.4. The molecule has 5 rings (SSSR count). The third-order valence-corrected chi connectivity index (χ3v) is 5.68.